The number of urea groups is 1. The van der Waals surface area contributed by atoms with Crippen LogP contribution in [0.15, 0.2) is 24.3 Å². The summed E-state index contributed by atoms with van der Waals surface area (Å²) < 4.78 is 0. The molecule has 3 rings (SSSR count). The zero-order valence-electron chi connectivity index (χ0n) is 13.6. The summed E-state index contributed by atoms with van der Waals surface area (Å²) in [4.78, 5) is 26.3. The lowest BCUT2D eigenvalue weighted by atomic mass is 10.1. The second-order valence-electron chi connectivity index (χ2n) is 6.34. The van der Waals surface area contributed by atoms with Gasteiger partial charge in [-0.15, -0.1) is 0 Å². The number of carbonyl (C=O) groups excluding carboxylic acids is 2. The fourth-order valence-corrected chi connectivity index (χ4v) is 3.61. The molecular formula is C17H23ClN4O2. The van der Waals surface area contributed by atoms with E-state index < -0.39 is 0 Å². The number of benzene rings is 1. The highest BCUT2D eigenvalue weighted by atomic mass is 35.5. The van der Waals surface area contributed by atoms with Gasteiger partial charge in [0.1, 0.15) is 0 Å². The van der Waals surface area contributed by atoms with Crippen LogP contribution in [-0.2, 0) is 11.3 Å². The van der Waals surface area contributed by atoms with Crippen molar-refractivity contribution in [3.63, 3.8) is 0 Å². The Hall–Kier alpha value is -1.79. The van der Waals surface area contributed by atoms with Crippen molar-refractivity contribution in [1.29, 1.82) is 0 Å². The van der Waals surface area contributed by atoms with Crippen LogP contribution in [0.25, 0.3) is 0 Å². The van der Waals surface area contributed by atoms with E-state index in [9.17, 15) is 9.59 Å². The summed E-state index contributed by atoms with van der Waals surface area (Å²) in [5, 5.41) is 9.44. The molecule has 0 saturated carbocycles. The number of amides is 3. The topological polar surface area (TPSA) is 73.5 Å². The molecule has 6 nitrogen and oxygen atoms in total. The quantitative estimate of drug-likeness (QED) is 0.770. The summed E-state index contributed by atoms with van der Waals surface area (Å²) in [5.41, 5.74) is 0.956. The van der Waals surface area contributed by atoms with Crippen LogP contribution in [-0.4, -0.2) is 48.6 Å². The Morgan fingerprint density at radius 3 is 2.67 bits per heavy atom. The van der Waals surface area contributed by atoms with E-state index in [0.29, 0.717) is 17.6 Å². The Morgan fingerprint density at radius 1 is 1.12 bits per heavy atom. The van der Waals surface area contributed by atoms with Crippen molar-refractivity contribution in [2.45, 2.75) is 37.9 Å². The highest BCUT2D eigenvalue weighted by Crippen LogP contribution is 2.27. The molecule has 7 heteroatoms. The lowest BCUT2D eigenvalue weighted by Crippen LogP contribution is -2.48. The number of fused-ring (bicyclic) bond motifs is 2. The number of hydrogen-bond donors (Lipinski definition) is 3. The van der Waals surface area contributed by atoms with Crippen LogP contribution in [0.1, 0.15) is 24.8 Å². The third-order valence-electron chi connectivity index (χ3n) is 4.71. The molecule has 0 aliphatic carbocycles. The summed E-state index contributed by atoms with van der Waals surface area (Å²) in [6, 6.07) is 7.52. The van der Waals surface area contributed by atoms with Crippen molar-refractivity contribution in [1.82, 2.24) is 20.9 Å². The van der Waals surface area contributed by atoms with Gasteiger partial charge in [0.2, 0.25) is 5.91 Å². The molecule has 2 heterocycles. The van der Waals surface area contributed by atoms with Gasteiger partial charge in [-0.05, 0) is 43.5 Å². The minimum Gasteiger partial charge on any atom is -0.334 e. The maximum atomic E-state index is 12.5. The Bertz CT molecular complexity index is 579. The molecule has 2 saturated heterocycles. The molecule has 2 atom stereocenters. The largest absolute Gasteiger partial charge is 0.334 e. The van der Waals surface area contributed by atoms with Crippen molar-refractivity contribution in [3.05, 3.63) is 34.9 Å². The molecule has 3 N–H and O–H groups in total. The van der Waals surface area contributed by atoms with Crippen molar-refractivity contribution in [3.8, 4) is 0 Å². The first-order chi connectivity index (χ1) is 11.6. The van der Waals surface area contributed by atoms with Crippen molar-refractivity contribution >= 4 is 23.5 Å². The third-order valence-corrected chi connectivity index (χ3v) is 4.96. The molecule has 2 aliphatic heterocycles. The van der Waals surface area contributed by atoms with Gasteiger partial charge in [-0.3, -0.25) is 4.79 Å². The number of hydrogen-bond acceptors (Lipinski definition) is 3. The van der Waals surface area contributed by atoms with E-state index in [1.54, 1.807) is 12.1 Å². The molecule has 2 aliphatic rings. The lowest BCUT2D eigenvalue weighted by molar-refractivity contribution is -0.132. The van der Waals surface area contributed by atoms with Crippen molar-refractivity contribution < 1.29 is 9.59 Å². The van der Waals surface area contributed by atoms with E-state index in [-0.39, 0.29) is 24.5 Å². The van der Waals surface area contributed by atoms with E-state index in [0.717, 1.165) is 37.9 Å². The van der Waals surface area contributed by atoms with Gasteiger partial charge in [-0.2, -0.15) is 0 Å². The minimum absolute atomic E-state index is 0.00726. The maximum Gasteiger partial charge on any atom is 0.315 e. The SMILES string of the molecule is O=C(NCC(=O)N1C2CCNCC1CC2)NCc1ccc(Cl)cc1. The predicted octanol–water partition coefficient (Wildman–Crippen LogP) is 1.49. The molecule has 1 aromatic rings. The molecule has 1 aromatic carbocycles. The Morgan fingerprint density at radius 2 is 1.88 bits per heavy atom. The number of carbonyl (C=O) groups is 2. The van der Waals surface area contributed by atoms with E-state index >= 15 is 0 Å². The van der Waals surface area contributed by atoms with Crippen LogP contribution >= 0.6 is 11.6 Å². The Labute approximate surface area is 146 Å². The average Bonchev–Trinajstić information content (AvgIpc) is 2.85. The second-order valence-corrected chi connectivity index (χ2v) is 6.78. The number of halogens is 1. The van der Waals surface area contributed by atoms with Gasteiger partial charge in [0.15, 0.2) is 0 Å². The van der Waals surface area contributed by atoms with Gasteiger partial charge in [0, 0.05) is 30.2 Å². The van der Waals surface area contributed by atoms with Crippen LogP contribution in [0.5, 0.6) is 0 Å². The summed E-state index contributed by atoms with van der Waals surface area (Å²) in [5.74, 6) is 0.00726. The van der Waals surface area contributed by atoms with Gasteiger partial charge < -0.3 is 20.9 Å². The monoisotopic (exact) mass is 350 g/mol. The fourth-order valence-electron chi connectivity index (χ4n) is 3.48. The third kappa shape index (κ3) is 4.19. The average molecular weight is 351 g/mol. The van der Waals surface area contributed by atoms with Gasteiger partial charge in [0.05, 0.1) is 6.54 Å². The first kappa shape index (κ1) is 17.0. The fraction of sp³-hybridized carbons (Fsp3) is 0.529. The van der Waals surface area contributed by atoms with Gasteiger partial charge >= 0.3 is 6.03 Å². The van der Waals surface area contributed by atoms with E-state index in [1.807, 2.05) is 17.0 Å². The first-order valence-corrected chi connectivity index (χ1v) is 8.79. The first-order valence-electron chi connectivity index (χ1n) is 8.41. The van der Waals surface area contributed by atoms with Gasteiger partial charge in [-0.1, -0.05) is 23.7 Å². The zero-order valence-corrected chi connectivity index (χ0v) is 14.3. The summed E-state index contributed by atoms with van der Waals surface area (Å²) >= 11 is 5.83. The number of nitrogens with zero attached hydrogens (tertiary/aromatic N) is 1. The molecule has 0 spiro atoms. The second kappa shape index (κ2) is 7.85. The van der Waals surface area contributed by atoms with E-state index in [1.165, 1.54) is 0 Å². The number of rotatable bonds is 4. The molecule has 130 valence electrons. The van der Waals surface area contributed by atoms with Gasteiger partial charge in [0.25, 0.3) is 0 Å². The van der Waals surface area contributed by atoms with Crippen molar-refractivity contribution in [2.75, 3.05) is 19.6 Å². The molecule has 2 fully saturated rings. The van der Waals surface area contributed by atoms with Crippen LogP contribution in [0.4, 0.5) is 4.79 Å². The molecule has 2 unspecified atom stereocenters. The van der Waals surface area contributed by atoms with Crippen LogP contribution in [0.3, 0.4) is 0 Å². The van der Waals surface area contributed by atoms with Crippen molar-refractivity contribution in [2.24, 2.45) is 0 Å². The lowest BCUT2D eigenvalue weighted by Gasteiger charge is -2.28. The Kier molecular flexibility index (Phi) is 5.58. The molecule has 2 bridgehead atoms. The molecule has 3 amide bonds. The summed E-state index contributed by atoms with van der Waals surface area (Å²) in [7, 11) is 0. The standard InChI is InChI=1S/C17H23ClN4O2/c18-13-3-1-12(2-4-13)9-20-17(24)21-11-16(23)22-14-5-6-15(22)10-19-8-7-14/h1-4,14-15,19H,5-11H2,(H2,20,21,24). The van der Waals surface area contributed by atoms with E-state index in [2.05, 4.69) is 16.0 Å². The minimum atomic E-state index is -0.335. The molecule has 0 aromatic heterocycles. The summed E-state index contributed by atoms with van der Waals surface area (Å²) in [6.45, 7) is 2.25. The van der Waals surface area contributed by atoms with Gasteiger partial charge in [-0.25, -0.2) is 4.79 Å². The predicted molar refractivity (Wildman–Crippen MR) is 92.8 cm³/mol. The molecule has 24 heavy (non-hydrogen) atoms. The van der Waals surface area contributed by atoms with Crippen LogP contribution in [0, 0.1) is 0 Å². The normalized spacial score (nSPS) is 22.8. The van der Waals surface area contributed by atoms with Crippen LogP contribution in [0.2, 0.25) is 5.02 Å². The zero-order chi connectivity index (χ0) is 16.9. The smallest absolute Gasteiger partial charge is 0.315 e. The number of nitrogens with one attached hydrogen (secondary N) is 3. The van der Waals surface area contributed by atoms with E-state index in [4.69, 9.17) is 11.6 Å². The highest BCUT2D eigenvalue weighted by molar-refractivity contribution is 6.30. The Balaban J connectivity index is 1.44. The highest BCUT2D eigenvalue weighted by Gasteiger charge is 2.37. The molecule has 0 radical (unpaired) electrons. The summed E-state index contributed by atoms with van der Waals surface area (Å²) in [6.07, 6.45) is 3.11. The molecular weight excluding hydrogens is 328 g/mol. The van der Waals surface area contributed by atoms with Crippen LogP contribution < -0.4 is 16.0 Å². The maximum absolute atomic E-state index is 12.5.